The number of nitrogens with one attached hydrogen (secondary N) is 1. The number of carbonyl (C=O) groups is 2. The smallest absolute Gasteiger partial charge is 0.317 e. The van der Waals surface area contributed by atoms with Gasteiger partial charge >= 0.3 is 12.0 Å². The number of carboxylic acid groups (broad SMARTS) is 1. The molecule has 0 spiro atoms. The molecule has 0 bridgehead atoms. The molecule has 4 fully saturated rings. The zero-order valence-electron chi connectivity index (χ0n) is 17.0. The van der Waals surface area contributed by atoms with Crippen LogP contribution in [0.1, 0.15) is 32.1 Å². The lowest BCUT2D eigenvalue weighted by atomic mass is 9.81. The van der Waals surface area contributed by atoms with Crippen LogP contribution in [0.5, 0.6) is 0 Å². The van der Waals surface area contributed by atoms with Crippen LogP contribution >= 0.6 is 0 Å². The highest BCUT2D eigenvalue weighted by Gasteiger charge is 2.57. The number of nitrogens with zero attached hydrogens (tertiary/aromatic N) is 3. The molecule has 4 aliphatic rings. The zero-order valence-corrected chi connectivity index (χ0v) is 17.0. The molecule has 0 radical (unpaired) electrons. The fourth-order valence-corrected chi connectivity index (χ4v) is 5.55. The van der Waals surface area contributed by atoms with Gasteiger partial charge in [-0.3, -0.25) is 9.69 Å². The summed E-state index contributed by atoms with van der Waals surface area (Å²) in [6.45, 7) is 6.35. The first-order chi connectivity index (χ1) is 13.5. The van der Waals surface area contributed by atoms with Crippen molar-refractivity contribution in [2.45, 2.75) is 37.6 Å². The molecule has 4 rings (SSSR count). The Labute approximate surface area is 167 Å². The maximum Gasteiger partial charge on any atom is 0.317 e. The molecule has 0 aromatic rings. The lowest BCUT2D eigenvalue weighted by Gasteiger charge is -2.50. The molecule has 8 heteroatoms. The van der Waals surface area contributed by atoms with Crippen LogP contribution in [0.25, 0.3) is 0 Å². The van der Waals surface area contributed by atoms with Crippen LogP contribution in [0.3, 0.4) is 0 Å². The van der Waals surface area contributed by atoms with E-state index in [9.17, 15) is 14.7 Å². The quantitative estimate of drug-likeness (QED) is 0.729. The molecule has 0 saturated carbocycles. The third-order valence-corrected chi connectivity index (χ3v) is 7.60. The molecule has 0 aromatic heterocycles. The summed E-state index contributed by atoms with van der Waals surface area (Å²) in [5.41, 5.74) is -0.888. The molecule has 28 heavy (non-hydrogen) atoms. The van der Waals surface area contributed by atoms with Crippen molar-refractivity contribution in [3.8, 4) is 0 Å². The standard InChI is InChI=1S/C20H34N4O4/c1-22-9-5-19(6-10-22,24-7-3-2-4-8-24)13-21-18(27)23-11-16-12-28-15-20(16,14-23)17(25)26/h16H,2-15H2,1H3,(H,21,27)(H,25,26)/t16-,20-/m1/s1. The van der Waals surface area contributed by atoms with Crippen LogP contribution in [0.4, 0.5) is 4.79 Å². The van der Waals surface area contributed by atoms with E-state index in [1.165, 1.54) is 19.3 Å². The van der Waals surface area contributed by atoms with E-state index in [2.05, 4.69) is 22.2 Å². The van der Waals surface area contributed by atoms with E-state index in [1.807, 2.05) is 0 Å². The minimum absolute atomic E-state index is 0.0335. The highest BCUT2D eigenvalue weighted by molar-refractivity contribution is 5.80. The van der Waals surface area contributed by atoms with Gasteiger partial charge in [0, 0.05) is 31.1 Å². The second kappa shape index (κ2) is 7.80. The van der Waals surface area contributed by atoms with Crippen molar-refractivity contribution in [3.63, 3.8) is 0 Å². The Morgan fingerprint density at radius 2 is 1.86 bits per heavy atom. The number of amides is 2. The first-order valence-electron chi connectivity index (χ1n) is 10.7. The van der Waals surface area contributed by atoms with Crippen molar-refractivity contribution >= 4 is 12.0 Å². The number of likely N-dealkylation sites (tertiary alicyclic amines) is 3. The third kappa shape index (κ3) is 3.50. The maximum absolute atomic E-state index is 12.9. The average Bonchev–Trinajstić information content (AvgIpc) is 3.27. The van der Waals surface area contributed by atoms with Gasteiger partial charge in [0.2, 0.25) is 0 Å². The highest BCUT2D eigenvalue weighted by Crippen LogP contribution is 2.41. The zero-order chi connectivity index (χ0) is 19.8. The lowest BCUT2D eigenvalue weighted by molar-refractivity contribution is -0.149. The molecule has 0 aliphatic carbocycles. The van der Waals surface area contributed by atoms with Crippen LogP contribution in [-0.4, -0.2) is 103 Å². The van der Waals surface area contributed by atoms with Crippen molar-refractivity contribution in [1.82, 2.24) is 20.0 Å². The average molecular weight is 395 g/mol. The Hall–Kier alpha value is -1.38. The van der Waals surface area contributed by atoms with Crippen molar-refractivity contribution in [3.05, 3.63) is 0 Å². The topological polar surface area (TPSA) is 85.3 Å². The molecule has 8 nitrogen and oxygen atoms in total. The van der Waals surface area contributed by atoms with Gasteiger partial charge in [-0.2, -0.15) is 0 Å². The van der Waals surface area contributed by atoms with Crippen LogP contribution in [0.15, 0.2) is 0 Å². The lowest BCUT2D eigenvalue weighted by Crippen LogP contribution is -2.62. The van der Waals surface area contributed by atoms with Crippen molar-refractivity contribution in [2.75, 3.05) is 66.1 Å². The third-order valence-electron chi connectivity index (χ3n) is 7.60. The van der Waals surface area contributed by atoms with E-state index < -0.39 is 11.4 Å². The van der Waals surface area contributed by atoms with Gasteiger partial charge in [0.15, 0.2) is 0 Å². The Kier molecular flexibility index (Phi) is 5.55. The number of aliphatic carboxylic acids is 1. The number of piperidine rings is 2. The monoisotopic (exact) mass is 394 g/mol. The van der Waals surface area contributed by atoms with Gasteiger partial charge < -0.3 is 25.0 Å². The molecule has 2 amide bonds. The summed E-state index contributed by atoms with van der Waals surface area (Å²) in [6, 6.07) is -0.120. The summed E-state index contributed by atoms with van der Waals surface area (Å²) in [4.78, 5) is 31.4. The Balaban J connectivity index is 1.40. The summed E-state index contributed by atoms with van der Waals surface area (Å²) in [6.07, 6.45) is 5.91. The molecule has 4 heterocycles. The van der Waals surface area contributed by atoms with Crippen LogP contribution in [0, 0.1) is 11.3 Å². The fourth-order valence-electron chi connectivity index (χ4n) is 5.55. The number of rotatable bonds is 4. The fraction of sp³-hybridized carbons (Fsp3) is 0.900. The van der Waals surface area contributed by atoms with Gasteiger partial charge in [-0.25, -0.2) is 4.79 Å². The van der Waals surface area contributed by atoms with Gasteiger partial charge in [-0.1, -0.05) is 6.42 Å². The van der Waals surface area contributed by atoms with Gasteiger partial charge in [0.05, 0.1) is 13.2 Å². The SMILES string of the molecule is CN1CCC(CNC(=O)N2C[C@@H]3COC[C@]3(C(=O)O)C2)(N2CCCCC2)CC1. The number of hydrogen-bond donors (Lipinski definition) is 2. The second-order valence-electron chi connectivity index (χ2n) is 9.29. The van der Waals surface area contributed by atoms with Crippen LogP contribution in [0.2, 0.25) is 0 Å². The minimum atomic E-state index is -0.921. The van der Waals surface area contributed by atoms with E-state index in [4.69, 9.17) is 4.74 Å². The maximum atomic E-state index is 12.9. The molecule has 2 atom stereocenters. The molecule has 4 aliphatic heterocycles. The summed E-state index contributed by atoms with van der Waals surface area (Å²) in [5, 5.41) is 12.9. The minimum Gasteiger partial charge on any atom is -0.481 e. The van der Waals surface area contributed by atoms with Crippen molar-refractivity contribution in [1.29, 1.82) is 0 Å². The summed E-state index contributed by atoms with van der Waals surface area (Å²) in [7, 11) is 2.16. The van der Waals surface area contributed by atoms with Gasteiger partial charge in [0.1, 0.15) is 5.41 Å². The summed E-state index contributed by atoms with van der Waals surface area (Å²) < 4.78 is 5.41. The summed E-state index contributed by atoms with van der Waals surface area (Å²) in [5.74, 6) is -0.944. The largest absolute Gasteiger partial charge is 0.481 e. The van der Waals surface area contributed by atoms with Gasteiger partial charge in [-0.15, -0.1) is 0 Å². The Bertz CT molecular complexity index is 601. The predicted molar refractivity (Wildman–Crippen MR) is 104 cm³/mol. The molecule has 2 N–H and O–H groups in total. The van der Waals surface area contributed by atoms with Gasteiger partial charge in [0.25, 0.3) is 0 Å². The van der Waals surface area contributed by atoms with Crippen molar-refractivity contribution in [2.24, 2.45) is 11.3 Å². The number of urea groups is 1. The number of carboxylic acids is 1. The first-order valence-corrected chi connectivity index (χ1v) is 10.7. The molecule has 158 valence electrons. The van der Waals surface area contributed by atoms with Crippen LogP contribution in [-0.2, 0) is 9.53 Å². The molecular weight excluding hydrogens is 360 g/mol. The Morgan fingerprint density at radius 3 is 2.50 bits per heavy atom. The second-order valence-corrected chi connectivity index (χ2v) is 9.29. The van der Waals surface area contributed by atoms with E-state index in [1.54, 1.807) is 4.90 Å². The van der Waals surface area contributed by atoms with E-state index in [0.717, 1.165) is 39.0 Å². The first kappa shape index (κ1) is 19.9. The van der Waals surface area contributed by atoms with E-state index >= 15 is 0 Å². The number of fused-ring (bicyclic) bond motifs is 1. The summed E-state index contributed by atoms with van der Waals surface area (Å²) >= 11 is 0. The van der Waals surface area contributed by atoms with E-state index in [0.29, 0.717) is 19.7 Å². The van der Waals surface area contributed by atoms with Crippen molar-refractivity contribution < 1.29 is 19.4 Å². The molecular formula is C20H34N4O4. The number of carbonyl (C=O) groups excluding carboxylic acids is 1. The number of hydrogen-bond acceptors (Lipinski definition) is 5. The predicted octanol–water partition coefficient (Wildman–Crippen LogP) is 0.679. The van der Waals surface area contributed by atoms with Gasteiger partial charge in [-0.05, 0) is 58.9 Å². The highest BCUT2D eigenvalue weighted by atomic mass is 16.5. The Morgan fingerprint density at radius 1 is 1.14 bits per heavy atom. The normalized spacial score (nSPS) is 33.6. The number of ether oxygens (including phenoxy) is 1. The molecule has 0 aromatic carbocycles. The van der Waals surface area contributed by atoms with E-state index in [-0.39, 0.29) is 30.6 Å². The molecule has 0 unspecified atom stereocenters. The molecule has 4 saturated heterocycles. The van der Waals surface area contributed by atoms with Crippen LogP contribution < -0.4 is 5.32 Å².